The number of fused-ring (bicyclic) bond motifs is 1. The van der Waals surface area contributed by atoms with Gasteiger partial charge in [-0.3, -0.25) is 4.79 Å². The van der Waals surface area contributed by atoms with Crippen LogP contribution in [0, 0.1) is 6.57 Å². The van der Waals surface area contributed by atoms with Crippen molar-refractivity contribution in [1.29, 1.82) is 0 Å². The van der Waals surface area contributed by atoms with E-state index in [4.69, 9.17) is 30.5 Å². The monoisotopic (exact) mass is 372 g/mol. The number of rotatable bonds is 6. The lowest BCUT2D eigenvalue weighted by Gasteiger charge is -2.15. The van der Waals surface area contributed by atoms with Crippen LogP contribution in [0.25, 0.3) is 4.85 Å². The summed E-state index contributed by atoms with van der Waals surface area (Å²) < 4.78 is 20.9. The highest BCUT2D eigenvalue weighted by atomic mass is 16.6. The molecule has 1 aliphatic rings. The molecule has 27 heavy (non-hydrogen) atoms. The summed E-state index contributed by atoms with van der Waals surface area (Å²) in [6.07, 6.45) is 0. The number of hydrogen-bond acceptors (Lipinski definition) is 7. The van der Waals surface area contributed by atoms with Crippen LogP contribution in [0.3, 0.4) is 0 Å². The maximum absolute atomic E-state index is 10.8. The molecule has 0 aliphatic carbocycles. The third kappa shape index (κ3) is 4.35. The molecule has 1 aromatic heterocycles. The summed E-state index contributed by atoms with van der Waals surface area (Å²) in [6, 6.07) is 7.88. The van der Waals surface area contributed by atoms with E-state index in [2.05, 4.69) is 9.83 Å². The second kappa shape index (κ2) is 7.63. The highest BCUT2D eigenvalue weighted by Crippen LogP contribution is 2.30. The van der Waals surface area contributed by atoms with Crippen molar-refractivity contribution in [3.8, 4) is 17.5 Å². The van der Waals surface area contributed by atoms with Crippen LogP contribution in [0.15, 0.2) is 30.3 Å². The van der Waals surface area contributed by atoms with Gasteiger partial charge in [0.2, 0.25) is 17.4 Å². The Balaban J connectivity index is 1.73. The van der Waals surface area contributed by atoms with E-state index < -0.39 is 12.7 Å². The number of nitrogens with zero attached hydrogens (tertiary/aromatic N) is 2. The van der Waals surface area contributed by atoms with Gasteiger partial charge in [-0.1, -0.05) is 6.07 Å². The third-order valence-corrected chi connectivity index (χ3v) is 3.80. The molecular formula is C17H17BN2O7. The Kier molecular flexibility index (Phi) is 5.27. The Bertz CT molecular complexity index is 911. The Morgan fingerprint density at radius 1 is 1.41 bits per heavy atom. The molecule has 2 aromatic rings. The summed E-state index contributed by atoms with van der Waals surface area (Å²) in [5.41, 5.74) is 1.29. The van der Waals surface area contributed by atoms with Crippen molar-refractivity contribution in [3.05, 3.63) is 47.3 Å². The van der Waals surface area contributed by atoms with Crippen molar-refractivity contribution in [2.45, 2.75) is 13.5 Å². The fourth-order valence-corrected chi connectivity index (χ4v) is 2.56. The van der Waals surface area contributed by atoms with Crippen LogP contribution in [-0.4, -0.2) is 41.0 Å². The van der Waals surface area contributed by atoms with Crippen LogP contribution in [0.1, 0.15) is 12.5 Å². The van der Waals surface area contributed by atoms with Crippen LogP contribution >= 0.6 is 0 Å². The van der Waals surface area contributed by atoms with Gasteiger partial charge >= 0.3 is 12.7 Å². The van der Waals surface area contributed by atoms with Gasteiger partial charge in [-0.15, -0.1) is 0 Å². The minimum Gasteiger partial charge on any atom is -0.640 e. The number of carbonyl (C=O) groups excluding carboxylic acids is 1. The van der Waals surface area contributed by atoms with Crippen LogP contribution < -0.4 is 14.9 Å². The molecule has 3 rings (SSSR count). The van der Waals surface area contributed by atoms with Crippen molar-refractivity contribution >= 4 is 23.9 Å². The first-order valence-electron chi connectivity index (χ1n) is 8.10. The molecule has 0 bridgehead atoms. The third-order valence-electron chi connectivity index (χ3n) is 3.80. The van der Waals surface area contributed by atoms with Crippen molar-refractivity contribution in [1.82, 2.24) is 4.98 Å². The quantitative estimate of drug-likeness (QED) is 0.262. The highest BCUT2D eigenvalue weighted by Gasteiger charge is 2.40. The normalized spacial score (nSPS) is 17.7. The lowest BCUT2D eigenvalue weighted by molar-refractivity contribution is -0.141. The van der Waals surface area contributed by atoms with Gasteiger partial charge in [-0.05, 0) is 35.3 Å². The van der Waals surface area contributed by atoms with E-state index in [0.717, 1.165) is 0 Å². The Labute approximate surface area is 154 Å². The average molecular weight is 372 g/mol. The van der Waals surface area contributed by atoms with Crippen LogP contribution in [-0.2, 0) is 20.8 Å². The van der Waals surface area contributed by atoms with Crippen LogP contribution in [0.5, 0.6) is 17.5 Å². The summed E-state index contributed by atoms with van der Waals surface area (Å²) in [7, 11) is 0. The average Bonchev–Trinajstić information content (AvgIpc) is 2.93. The highest BCUT2D eigenvalue weighted by molar-refractivity contribution is 6.74. The van der Waals surface area contributed by atoms with E-state index in [-0.39, 0.29) is 37.3 Å². The summed E-state index contributed by atoms with van der Waals surface area (Å²) in [5.74, 6) is 0.300. The summed E-state index contributed by atoms with van der Waals surface area (Å²) in [4.78, 5) is 18.3. The smallest absolute Gasteiger partial charge is 0.596 e. The number of carbonyl (C=O) groups is 1. The van der Waals surface area contributed by atoms with Crippen molar-refractivity contribution in [2.75, 3.05) is 13.2 Å². The van der Waals surface area contributed by atoms with Crippen molar-refractivity contribution in [2.24, 2.45) is 0 Å². The Hall–Kier alpha value is -3.13. The summed E-state index contributed by atoms with van der Waals surface area (Å²) in [5, 5.41) is 17.5. The molecule has 3 N–H and O–H groups in total. The number of hydrogen-bond donors (Lipinski definition) is 1. The molecule has 0 saturated carbocycles. The van der Waals surface area contributed by atoms with Crippen LogP contribution in [0.2, 0.25) is 0 Å². The summed E-state index contributed by atoms with van der Waals surface area (Å²) >= 11 is 0. The first-order chi connectivity index (χ1) is 12.9. The van der Waals surface area contributed by atoms with Gasteiger partial charge in [0, 0.05) is 13.5 Å². The lowest BCUT2D eigenvalue weighted by Crippen LogP contribution is -2.47. The van der Waals surface area contributed by atoms with Gasteiger partial charge in [0.05, 0.1) is 6.57 Å². The molecule has 1 aliphatic heterocycles. The fourth-order valence-electron chi connectivity index (χ4n) is 2.56. The second-order valence-corrected chi connectivity index (χ2v) is 5.79. The predicted molar refractivity (Wildman–Crippen MR) is 95.2 cm³/mol. The number of esters is 1. The first kappa shape index (κ1) is 18.7. The molecule has 1 unspecified atom stereocenters. The van der Waals surface area contributed by atoms with Gasteiger partial charge in [-0.25, -0.2) is 4.85 Å². The minimum atomic E-state index is -2.72. The Morgan fingerprint density at radius 2 is 2.22 bits per heavy atom. The molecule has 2 heterocycles. The molecule has 140 valence electrons. The molecule has 9 nitrogen and oxygen atoms in total. The molecule has 0 amide bonds. The van der Waals surface area contributed by atoms with E-state index in [9.17, 15) is 9.82 Å². The predicted octanol–water partition coefficient (Wildman–Crippen LogP) is 0.760. The van der Waals surface area contributed by atoms with E-state index in [1.165, 1.54) is 19.1 Å². The standard InChI is InChI=1S/C17H17BN2O7/c1-11(21)24-7-8-25-17-15(19-2)5-6-16(20-17)27-13-3-4-14-12(9-13)10-26-18(14,22)23/h3-6,9,22H,7-8,10,23H2,1H3. The second-order valence-electron chi connectivity index (χ2n) is 5.79. The van der Waals surface area contributed by atoms with Gasteiger partial charge in [-0.2, -0.15) is 4.98 Å². The topological polar surface area (TPSA) is 114 Å². The maximum Gasteiger partial charge on any atom is 0.596 e. The Morgan fingerprint density at radius 3 is 2.96 bits per heavy atom. The van der Waals surface area contributed by atoms with E-state index >= 15 is 0 Å². The number of benzene rings is 1. The number of pyridine rings is 1. The first-order valence-corrected chi connectivity index (χ1v) is 8.10. The van der Waals surface area contributed by atoms with E-state index in [1.54, 1.807) is 18.2 Å². The SMILES string of the molecule is [C-]#[N+]c1ccc(Oc2ccc3c(c2)CO[B-]3(O)[OH2+])nc1OCCOC(C)=O. The zero-order chi connectivity index (χ0) is 19.4. The van der Waals surface area contributed by atoms with Crippen LogP contribution in [0.4, 0.5) is 5.69 Å². The maximum atomic E-state index is 10.8. The molecule has 1 aromatic carbocycles. The molecule has 1 atom stereocenters. The van der Waals surface area contributed by atoms with Crippen molar-refractivity contribution < 1.29 is 33.7 Å². The zero-order valence-electron chi connectivity index (χ0n) is 14.5. The van der Waals surface area contributed by atoms with E-state index in [1.807, 2.05) is 0 Å². The van der Waals surface area contributed by atoms with Gasteiger partial charge in [0.1, 0.15) is 19.0 Å². The fraction of sp³-hybridized carbons (Fsp3) is 0.235. The number of aromatic nitrogens is 1. The largest absolute Gasteiger partial charge is 0.640 e. The van der Waals surface area contributed by atoms with Gasteiger partial charge in [0.25, 0.3) is 0 Å². The molecule has 10 heteroatoms. The minimum absolute atomic E-state index is 0.0438. The molecule has 0 spiro atoms. The van der Waals surface area contributed by atoms with Gasteiger partial charge in [0.15, 0.2) is 0 Å². The summed E-state index contributed by atoms with van der Waals surface area (Å²) in [6.45, 7) is 5.97. The zero-order valence-corrected chi connectivity index (χ0v) is 14.5. The molecular weight excluding hydrogens is 355 g/mol. The molecule has 0 radical (unpaired) electrons. The van der Waals surface area contributed by atoms with Crippen molar-refractivity contribution in [3.63, 3.8) is 0 Å². The molecule has 0 fully saturated rings. The van der Waals surface area contributed by atoms with Gasteiger partial charge < -0.3 is 28.9 Å². The molecule has 0 saturated heterocycles. The number of ether oxygens (including phenoxy) is 3. The lowest BCUT2D eigenvalue weighted by atomic mass is 9.71. The van der Waals surface area contributed by atoms with E-state index in [0.29, 0.717) is 16.8 Å².